The Hall–Kier alpha value is -3.83. The molecular weight excluding hydrogens is 548 g/mol. The molecule has 0 aromatic heterocycles. The zero-order chi connectivity index (χ0) is 28.7. The number of methoxy groups -OCH3 is 5. The minimum Gasteiger partial charge on any atom is -0.495 e. The van der Waals surface area contributed by atoms with Crippen LogP contribution in [0, 0.1) is 0 Å². The smallest absolute Gasteiger partial charge is 0.265 e. The van der Waals surface area contributed by atoms with Crippen LogP contribution >= 0.6 is 11.6 Å². The van der Waals surface area contributed by atoms with E-state index in [1.54, 1.807) is 31.3 Å². The number of amides is 1. The van der Waals surface area contributed by atoms with Crippen molar-refractivity contribution < 1.29 is 36.9 Å². The highest BCUT2D eigenvalue weighted by Crippen LogP contribution is 2.37. The van der Waals surface area contributed by atoms with Gasteiger partial charge in [-0.3, -0.25) is 9.10 Å². The zero-order valence-corrected chi connectivity index (χ0v) is 24.1. The minimum atomic E-state index is -4.31. The maximum absolute atomic E-state index is 14.0. The van der Waals surface area contributed by atoms with E-state index in [0.717, 1.165) is 9.87 Å². The lowest BCUT2D eigenvalue weighted by Crippen LogP contribution is -2.41. The maximum Gasteiger partial charge on any atom is 0.265 e. The number of carbonyl (C=O) groups is 1. The van der Waals surface area contributed by atoms with Gasteiger partial charge in [0.25, 0.3) is 10.0 Å². The Balaban J connectivity index is 2.01. The van der Waals surface area contributed by atoms with Crippen LogP contribution in [-0.4, -0.2) is 68.4 Å². The van der Waals surface area contributed by atoms with E-state index < -0.39 is 22.5 Å². The third kappa shape index (κ3) is 6.61. The molecule has 0 aliphatic carbocycles. The third-order valence-corrected chi connectivity index (χ3v) is 7.92. The summed E-state index contributed by atoms with van der Waals surface area (Å²) in [5, 5.41) is 0.268. The molecule has 3 aromatic carbocycles. The summed E-state index contributed by atoms with van der Waals surface area (Å²) in [6, 6.07) is 14.0. The first-order valence-corrected chi connectivity index (χ1v) is 13.4. The Morgan fingerprint density at radius 2 is 1.28 bits per heavy atom. The molecule has 0 unspecified atom stereocenters. The second-order valence-corrected chi connectivity index (χ2v) is 10.6. The van der Waals surface area contributed by atoms with Crippen LogP contribution in [0.3, 0.4) is 0 Å². The largest absolute Gasteiger partial charge is 0.495 e. The normalized spacial score (nSPS) is 10.9. The molecular formula is C27H31ClN2O8S. The van der Waals surface area contributed by atoms with Crippen molar-refractivity contribution in [2.75, 3.05) is 53.4 Å². The molecule has 0 spiro atoms. The highest BCUT2D eigenvalue weighted by molar-refractivity contribution is 7.92. The molecule has 0 fully saturated rings. The molecule has 0 saturated carbocycles. The lowest BCUT2D eigenvalue weighted by atomic mass is 10.2. The minimum absolute atomic E-state index is 0.104. The predicted molar refractivity (Wildman–Crippen MR) is 148 cm³/mol. The SMILES string of the molecule is COc1ccc(CN(C)C(=O)CN(c2cc(Cl)ccc2OC)S(=O)(=O)c2ccc(OC)c(OC)c2)cc1OC. The van der Waals surface area contributed by atoms with Gasteiger partial charge in [-0.25, -0.2) is 8.42 Å². The number of halogens is 1. The highest BCUT2D eigenvalue weighted by Gasteiger charge is 2.31. The van der Waals surface area contributed by atoms with Gasteiger partial charge in [0.1, 0.15) is 12.3 Å². The number of anilines is 1. The highest BCUT2D eigenvalue weighted by atomic mass is 35.5. The van der Waals surface area contributed by atoms with Crippen molar-refractivity contribution >= 4 is 33.2 Å². The number of hydrogen-bond acceptors (Lipinski definition) is 8. The number of carbonyl (C=O) groups excluding carboxylic acids is 1. The molecule has 39 heavy (non-hydrogen) atoms. The summed E-state index contributed by atoms with van der Waals surface area (Å²) in [6.07, 6.45) is 0. The molecule has 3 rings (SSSR count). The molecule has 0 heterocycles. The van der Waals surface area contributed by atoms with Crippen LogP contribution in [0.25, 0.3) is 0 Å². The van der Waals surface area contributed by atoms with E-state index >= 15 is 0 Å². The molecule has 0 N–H and O–H groups in total. The van der Waals surface area contributed by atoms with E-state index in [9.17, 15) is 13.2 Å². The number of nitrogens with zero attached hydrogens (tertiary/aromatic N) is 2. The van der Waals surface area contributed by atoms with Gasteiger partial charge in [0, 0.05) is 24.7 Å². The van der Waals surface area contributed by atoms with Gasteiger partial charge in [0.15, 0.2) is 23.0 Å². The summed E-state index contributed by atoms with van der Waals surface area (Å²) in [4.78, 5) is 14.7. The number of benzene rings is 3. The number of rotatable bonds is 12. The van der Waals surface area contributed by atoms with Crippen LogP contribution in [0.5, 0.6) is 28.7 Å². The third-order valence-electron chi connectivity index (χ3n) is 5.92. The van der Waals surface area contributed by atoms with Gasteiger partial charge < -0.3 is 28.6 Å². The number of ether oxygens (including phenoxy) is 5. The average Bonchev–Trinajstić information content (AvgIpc) is 2.94. The number of sulfonamides is 1. The topological polar surface area (TPSA) is 104 Å². The first kappa shape index (κ1) is 29.7. The molecule has 0 radical (unpaired) electrons. The van der Waals surface area contributed by atoms with E-state index in [4.69, 9.17) is 35.3 Å². The Bertz CT molecular complexity index is 1430. The Morgan fingerprint density at radius 3 is 1.87 bits per heavy atom. The first-order valence-electron chi connectivity index (χ1n) is 11.6. The van der Waals surface area contributed by atoms with Crippen molar-refractivity contribution in [3.63, 3.8) is 0 Å². The molecule has 10 nitrogen and oxygen atoms in total. The molecule has 0 aliphatic heterocycles. The summed E-state index contributed by atoms with van der Waals surface area (Å²) in [6.45, 7) is -0.340. The summed E-state index contributed by atoms with van der Waals surface area (Å²) in [5.74, 6) is 1.38. The molecule has 3 aromatic rings. The van der Waals surface area contributed by atoms with Gasteiger partial charge in [0.2, 0.25) is 5.91 Å². The molecule has 12 heteroatoms. The van der Waals surface area contributed by atoms with Crippen LogP contribution in [0.2, 0.25) is 5.02 Å². The molecule has 1 amide bonds. The number of likely N-dealkylation sites (N-methyl/N-ethyl adjacent to an activating group) is 1. The molecule has 0 bridgehead atoms. The van der Waals surface area contributed by atoms with Gasteiger partial charge in [-0.2, -0.15) is 0 Å². The Labute approximate surface area is 233 Å². The molecule has 0 atom stereocenters. The van der Waals surface area contributed by atoms with Crippen LogP contribution in [0.4, 0.5) is 5.69 Å². The number of hydrogen-bond donors (Lipinski definition) is 0. The summed E-state index contributed by atoms with van der Waals surface area (Å²) in [5.41, 5.74) is 0.866. The van der Waals surface area contributed by atoms with E-state index in [0.29, 0.717) is 17.2 Å². The molecule has 210 valence electrons. The predicted octanol–water partition coefficient (Wildman–Crippen LogP) is 4.24. The van der Waals surface area contributed by atoms with Crippen molar-refractivity contribution in [3.8, 4) is 28.7 Å². The van der Waals surface area contributed by atoms with Crippen molar-refractivity contribution in [1.29, 1.82) is 0 Å². The Morgan fingerprint density at radius 1 is 0.744 bits per heavy atom. The van der Waals surface area contributed by atoms with Crippen molar-refractivity contribution in [3.05, 3.63) is 65.2 Å². The zero-order valence-electron chi connectivity index (χ0n) is 22.6. The fourth-order valence-corrected chi connectivity index (χ4v) is 5.45. The van der Waals surface area contributed by atoms with Crippen molar-refractivity contribution in [2.45, 2.75) is 11.4 Å². The lowest BCUT2D eigenvalue weighted by molar-refractivity contribution is -0.128. The molecule has 0 aliphatic rings. The van der Waals surface area contributed by atoms with E-state index in [1.807, 2.05) is 0 Å². The second kappa shape index (κ2) is 12.8. The van der Waals surface area contributed by atoms with Crippen molar-refractivity contribution in [1.82, 2.24) is 4.90 Å². The average molecular weight is 579 g/mol. The molecule has 0 saturated heterocycles. The summed E-state index contributed by atoms with van der Waals surface area (Å²) >= 11 is 6.23. The van der Waals surface area contributed by atoms with Crippen LogP contribution < -0.4 is 28.0 Å². The van der Waals surface area contributed by atoms with Gasteiger partial charge >= 0.3 is 0 Å². The summed E-state index contributed by atoms with van der Waals surface area (Å²) in [7, 11) is 4.57. The van der Waals surface area contributed by atoms with Crippen molar-refractivity contribution in [2.24, 2.45) is 0 Å². The van der Waals surface area contributed by atoms with Crippen LogP contribution in [0.15, 0.2) is 59.5 Å². The maximum atomic E-state index is 14.0. The first-order chi connectivity index (χ1) is 18.6. The van der Waals surface area contributed by atoms with Gasteiger partial charge in [-0.15, -0.1) is 0 Å². The fraction of sp³-hybridized carbons (Fsp3) is 0.296. The fourth-order valence-electron chi connectivity index (χ4n) is 3.85. The summed E-state index contributed by atoms with van der Waals surface area (Å²) < 4.78 is 55.5. The van der Waals surface area contributed by atoms with Crippen LogP contribution in [-0.2, 0) is 21.4 Å². The monoisotopic (exact) mass is 578 g/mol. The lowest BCUT2D eigenvalue weighted by Gasteiger charge is -2.28. The van der Waals surface area contributed by atoms with E-state index in [2.05, 4.69) is 0 Å². The van der Waals surface area contributed by atoms with E-state index in [-0.39, 0.29) is 33.6 Å². The van der Waals surface area contributed by atoms with Gasteiger partial charge in [-0.05, 0) is 48.0 Å². The standard InChI is InChI=1S/C27H31ClN2O8S/c1-29(16-18-7-10-23(35-3)25(13-18)37-5)27(31)17-30(21-14-19(28)8-11-22(21)34-2)39(32,33)20-9-12-24(36-4)26(15-20)38-6/h7-15H,16-17H2,1-6H3. The Kier molecular flexibility index (Phi) is 9.76. The van der Waals surface area contributed by atoms with Gasteiger partial charge in [0.05, 0.1) is 46.1 Å². The van der Waals surface area contributed by atoms with Gasteiger partial charge in [-0.1, -0.05) is 17.7 Å². The second-order valence-electron chi connectivity index (χ2n) is 8.28. The van der Waals surface area contributed by atoms with E-state index in [1.165, 1.54) is 70.8 Å². The quantitative estimate of drug-likeness (QED) is 0.314. The van der Waals surface area contributed by atoms with Crippen LogP contribution in [0.1, 0.15) is 5.56 Å².